The number of aliphatic hydroxyl groups excluding tert-OH is 2. The minimum atomic E-state index is -1.02. The maximum Gasteiger partial charge on any atom is 0.108 e. The highest BCUT2D eigenvalue weighted by atomic mass is 16.3. The zero-order valence-electron chi connectivity index (χ0n) is 9.07. The largest absolute Gasteiger partial charge is 0.398 e. The van der Waals surface area contributed by atoms with E-state index in [1.54, 1.807) is 6.07 Å². The van der Waals surface area contributed by atoms with Gasteiger partial charge in [-0.15, -0.1) is 0 Å². The number of aryl methyl sites for hydroxylation is 2. The van der Waals surface area contributed by atoms with Gasteiger partial charge in [0.05, 0.1) is 6.10 Å². The fourth-order valence-electron chi connectivity index (χ4n) is 1.59. The van der Waals surface area contributed by atoms with E-state index in [1.165, 1.54) is 0 Å². The van der Waals surface area contributed by atoms with Gasteiger partial charge in [0.15, 0.2) is 0 Å². The molecule has 0 aromatic heterocycles. The standard InChI is InChI=1S/C11H18N2O2/c1-6-3-7(2)10(13)8(4-6)11(15)9(14)5-12/h3-4,9,11,14-15H,5,12-13H2,1-2H3. The molecule has 1 aromatic rings. The molecule has 15 heavy (non-hydrogen) atoms. The van der Waals surface area contributed by atoms with Crippen molar-refractivity contribution in [1.82, 2.24) is 0 Å². The molecule has 2 unspecified atom stereocenters. The average molecular weight is 210 g/mol. The first-order valence-corrected chi connectivity index (χ1v) is 4.90. The van der Waals surface area contributed by atoms with Crippen LogP contribution in [0.4, 0.5) is 5.69 Å². The van der Waals surface area contributed by atoms with E-state index >= 15 is 0 Å². The minimum Gasteiger partial charge on any atom is -0.398 e. The van der Waals surface area contributed by atoms with E-state index in [9.17, 15) is 10.2 Å². The van der Waals surface area contributed by atoms with Crippen LogP contribution in [0.3, 0.4) is 0 Å². The quantitative estimate of drug-likeness (QED) is 0.538. The highest BCUT2D eigenvalue weighted by Gasteiger charge is 2.20. The fraction of sp³-hybridized carbons (Fsp3) is 0.455. The molecular weight excluding hydrogens is 192 g/mol. The zero-order valence-corrected chi connectivity index (χ0v) is 9.07. The molecule has 4 heteroatoms. The summed E-state index contributed by atoms with van der Waals surface area (Å²) >= 11 is 0. The third-order valence-electron chi connectivity index (χ3n) is 2.49. The number of hydrogen-bond donors (Lipinski definition) is 4. The van der Waals surface area contributed by atoms with E-state index in [0.29, 0.717) is 11.3 Å². The summed E-state index contributed by atoms with van der Waals surface area (Å²) in [4.78, 5) is 0. The van der Waals surface area contributed by atoms with Crippen LogP contribution in [0.1, 0.15) is 22.8 Å². The lowest BCUT2D eigenvalue weighted by atomic mass is 9.97. The Balaban J connectivity index is 3.13. The summed E-state index contributed by atoms with van der Waals surface area (Å²) in [7, 11) is 0. The predicted octanol–water partition coefficient (Wildman–Crippen LogP) is 0.239. The molecule has 6 N–H and O–H groups in total. The molecule has 0 fully saturated rings. The van der Waals surface area contributed by atoms with Crippen LogP contribution < -0.4 is 11.5 Å². The maximum atomic E-state index is 9.81. The highest BCUT2D eigenvalue weighted by Crippen LogP contribution is 2.27. The van der Waals surface area contributed by atoms with Crippen molar-refractivity contribution in [3.8, 4) is 0 Å². The number of benzene rings is 1. The van der Waals surface area contributed by atoms with Gasteiger partial charge in [-0.25, -0.2) is 0 Å². The topological polar surface area (TPSA) is 92.5 Å². The second-order valence-electron chi connectivity index (χ2n) is 3.83. The zero-order chi connectivity index (χ0) is 11.6. The maximum absolute atomic E-state index is 9.81. The van der Waals surface area contributed by atoms with Crippen molar-refractivity contribution in [2.75, 3.05) is 12.3 Å². The Labute approximate surface area is 89.5 Å². The molecule has 0 heterocycles. The Bertz CT molecular complexity index is 353. The number of hydrogen-bond acceptors (Lipinski definition) is 4. The van der Waals surface area contributed by atoms with Gasteiger partial charge in [0.2, 0.25) is 0 Å². The van der Waals surface area contributed by atoms with E-state index in [2.05, 4.69) is 0 Å². The van der Waals surface area contributed by atoms with Gasteiger partial charge < -0.3 is 21.7 Å². The monoisotopic (exact) mass is 210 g/mol. The molecule has 4 nitrogen and oxygen atoms in total. The molecule has 2 atom stereocenters. The van der Waals surface area contributed by atoms with Crippen LogP contribution in [0.15, 0.2) is 12.1 Å². The van der Waals surface area contributed by atoms with E-state index in [4.69, 9.17) is 11.5 Å². The van der Waals surface area contributed by atoms with Crippen molar-refractivity contribution in [1.29, 1.82) is 0 Å². The molecule has 0 saturated heterocycles. The van der Waals surface area contributed by atoms with Gasteiger partial charge in [-0.05, 0) is 19.4 Å². The van der Waals surface area contributed by atoms with Crippen molar-refractivity contribution in [3.63, 3.8) is 0 Å². The van der Waals surface area contributed by atoms with E-state index in [1.807, 2.05) is 19.9 Å². The number of rotatable bonds is 3. The number of nitrogens with two attached hydrogens (primary N) is 2. The molecule has 0 bridgehead atoms. The number of anilines is 1. The Kier molecular flexibility index (Phi) is 3.68. The summed E-state index contributed by atoms with van der Waals surface area (Å²) in [6.07, 6.45) is -2.00. The van der Waals surface area contributed by atoms with Crippen molar-refractivity contribution in [3.05, 3.63) is 28.8 Å². The Morgan fingerprint density at radius 3 is 2.40 bits per heavy atom. The first-order valence-electron chi connectivity index (χ1n) is 4.90. The van der Waals surface area contributed by atoms with Crippen LogP contribution in [-0.2, 0) is 0 Å². The first kappa shape index (κ1) is 12.0. The molecule has 0 amide bonds. The van der Waals surface area contributed by atoms with Gasteiger partial charge in [-0.2, -0.15) is 0 Å². The Morgan fingerprint density at radius 2 is 1.87 bits per heavy atom. The summed E-state index contributed by atoms with van der Waals surface area (Å²) in [5.74, 6) is 0. The number of aliphatic hydroxyl groups is 2. The predicted molar refractivity (Wildman–Crippen MR) is 60.3 cm³/mol. The van der Waals surface area contributed by atoms with E-state index in [-0.39, 0.29) is 6.54 Å². The lowest BCUT2D eigenvalue weighted by molar-refractivity contribution is 0.0247. The van der Waals surface area contributed by atoms with Crippen LogP contribution in [0, 0.1) is 13.8 Å². The van der Waals surface area contributed by atoms with Crippen molar-refractivity contribution >= 4 is 5.69 Å². The summed E-state index contributed by atoms with van der Waals surface area (Å²) < 4.78 is 0. The molecule has 0 aliphatic carbocycles. The second-order valence-corrected chi connectivity index (χ2v) is 3.83. The fourth-order valence-corrected chi connectivity index (χ4v) is 1.59. The summed E-state index contributed by atoms with van der Waals surface area (Å²) in [5, 5.41) is 19.3. The van der Waals surface area contributed by atoms with Crippen LogP contribution >= 0.6 is 0 Å². The molecule has 84 valence electrons. The van der Waals surface area contributed by atoms with Gasteiger partial charge >= 0.3 is 0 Å². The van der Waals surface area contributed by atoms with Gasteiger partial charge in [0.25, 0.3) is 0 Å². The van der Waals surface area contributed by atoms with Crippen LogP contribution in [-0.4, -0.2) is 22.9 Å². The molecule has 0 aliphatic rings. The molecular formula is C11H18N2O2. The second kappa shape index (κ2) is 4.61. The van der Waals surface area contributed by atoms with E-state index < -0.39 is 12.2 Å². The lowest BCUT2D eigenvalue weighted by Gasteiger charge is -2.19. The van der Waals surface area contributed by atoms with Gasteiger partial charge in [0, 0.05) is 17.8 Å². The first-order chi connectivity index (χ1) is 6.97. The summed E-state index contributed by atoms with van der Waals surface area (Å²) in [6, 6.07) is 3.70. The Morgan fingerprint density at radius 1 is 1.27 bits per heavy atom. The summed E-state index contributed by atoms with van der Waals surface area (Å²) in [5.41, 5.74) is 14.1. The van der Waals surface area contributed by atoms with Crippen LogP contribution in [0.5, 0.6) is 0 Å². The minimum absolute atomic E-state index is 0.00754. The lowest BCUT2D eigenvalue weighted by Crippen LogP contribution is -2.27. The van der Waals surface area contributed by atoms with Crippen LogP contribution in [0.25, 0.3) is 0 Å². The van der Waals surface area contributed by atoms with E-state index in [0.717, 1.165) is 11.1 Å². The normalized spacial score (nSPS) is 15.0. The average Bonchev–Trinajstić information content (AvgIpc) is 2.21. The van der Waals surface area contributed by atoms with Crippen molar-refractivity contribution in [2.45, 2.75) is 26.1 Å². The molecule has 0 aliphatic heterocycles. The van der Waals surface area contributed by atoms with Crippen molar-refractivity contribution < 1.29 is 10.2 Å². The van der Waals surface area contributed by atoms with Gasteiger partial charge in [-0.3, -0.25) is 0 Å². The summed E-state index contributed by atoms with van der Waals surface area (Å²) in [6.45, 7) is 3.79. The third kappa shape index (κ3) is 2.47. The van der Waals surface area contributed by atoms with Crippen molar-refractivity contribution in [2.24, 2.45) is 5.73 Å². The molecule has 0 saturated carbocycles. The third-order valence-corrected chi connectivity index (χ3v) is 2.49. The molecule has 0 radical (unpaired) electrons. The molecule has 0 spiro atoms. The Hall–Kier alpha value is -1.10. The smallest absolute Gasteiger partial charge is 0.108 e. The molecule has 1 rings (SSSR count). The van der Waals surface area contributed by atoms with Gasteiger partial charge in [-0.1, -0.05) is 17.7 Å². The van der Waals surface area contributed by atoms with Crippen LogP contribution in [0.2, 0.25) is 0 Å². The van der Waals surface area contributed by atoms with Gasteiger partial charge in [0.1, 0.15) is 6.10 Å². The highest BCUT2D eigenvalue weighted by molar-refractivity contribution is 5.56. The molecule has 1 aromatic carbocycles. The SMILES string of the molecule is Cc1cc(C)c(N)c(C(O)C(O)CN)c1. The number of nitrogen functional groups attached to an aromatic ring is 1.